The molecule has 0 radical (unpaired) electrons. The smallest absolute Gasteiger partial charge is 0.439 e. The zero-order valence-electron chi connectivity index (χ0n) is 22.9. The minimum Gasteiger partial charge on any atom is -0.457 e. The molecule has 220 valence electrons. The molecule has 1 aromatic heterocycles. The number of rotatable bonds is 9. The highest BCUT2D eigenvalue weighted by atomic mass is 16.6. The molecule has 0 spiro atoms. The number of esters is 2. The SMILES string of the molecule is CC(=O)O[C@@H](C(=O)Nc1ccc(-c2noc(=O)[nH]2)cc1)[C@H]1OCCN(c2ccc(C(=O)OCc3ccccc3)cc2)C1=O. The van der Waals surface area contributed by atoms with E-state index in [-0.39, 0.29) is 25.6 Å². The van der Waals surface area contributed by atoms with Crippen molar-refractivity contribution in [3.63, 3.8) is 0 Å². The van der Waals surface area contributed by atoms with Crippen molar-refractivity contribution in [3.8, 4) is 11.4 Å². The fourth-order valence-electron chi connectivity index (χ4n) is 4.37. The second-order valence-electron chi connectivity index (χ2n) is 9.43. The van der Waals surface area contributed by atoms with Crippen LogP contribution < -0.4 is 16.0 Å². The monoisotopic (exact) mass is 586 g/mol. The summed E-state index contributed by atoms with van der Waals surface area (Å²) in [4.78, 5) is 66.1. The second-order valence-corrected chi connectivity index (χ2v) is 9.43. The number of hydrogen-bond acceptors (Lipinski definition) is 10. The third kappa shape index (κ3) is 7.02. The number of anilines is 2. The van der Waals surface area contributed by atoms with Crippen LogP contribution in [0.2, 0.25) is 0 Å². The number of ether oxygens (including phenoxy) is 3. The lowest BCUT2D eigenvalue weighted by Crippen LogP contribution is -2.56. The number of morpholine rings is 1. The van der Waals surface area contributed by atoms with Gasteiger partial charge in [0.2, 0.25) is 6.10 Å². The summed E-state index contributed by atoms with van der Waals surface area (Å²) in [5, 5.41) is 6.22. The van der Waals surface area contributed by atoms with Crippen LogP contribution in [-0.2, 0) is 35.2 Å². The Bertz CT molecular complexity index is 1660. The van der Waals surface area contributed by atoms with Gasteiger partial charge in [0.25, 0.3) is 11.8 Å². The molecular weight excluding hydrogens is 560 g/mol. The third-order valence-corrected chi connectivity index (χ3v) is 6.44. The molecule has 0 unspecified atom stereocenters. The van der Waals surface area contributed by atoms with Gasteiger partial charge in [-0.1, -0.05) is 35.5 Å². The Hall–Kier alpha value is -5.56. The standard InChI is InChI=1S/C30H26N4O9/c1-18(35)42-24(27(36)31-22-11-7-20(8-12-22)26-32-30(39)43-33-26)25-28(37)34(15-16-40-25)23-13-9-21(10-14-23)29(38)41-17-19-5-3-2-4-6-19/h2-14,24-25H,15-17H2,1H3,(H,31,36)(H,32,33,39)/t24-,25-/m1/s1. The lowest BCUT2D eigenvalue weighted by molar-refractivity contribution is -0.167. The molecule has 13 nitrogen and oxygen atoms in total. The first kappa shape index (κ1) is 29.0. The maximum Gasteiger partial charge on any atom is 0.439 e. The summed E-state index contributed by atoms with van der Waals surface area (Å²) in [6.07, 6.45) is -3.01. The van der Waals surface area contributed by atoms with Crippen LogP contribution in [0.25, 0.3) is 11.4 Å². The number of H-pyrrole nitrogens is 1. The number of carbonyl (C=O) groups excluding carboxylic acids is 4. The number of carbonyl (C=O) groups is 4. The van der Waals surface area contributed by atoms with Gasteiger partial charge in [-0.05, 0) is 54.1 Å². The summed E-state index contributed by atoms with van der Waals surface area (Å²) in [5.74, 6) is -3.18. The van der Waals surface area contributed by atoms with Crippen molar-refractivity contribution in [2.45, 2.75) is 25.7 Å². The van der Waals surface area contributed by atoms with Crippen LogP contribution in [0.3, 0.4) is 0 Å². The van der Waals surface area contributed by atoms with E-state index in [2.05, 4.69) is 20.0 Å². The summed E-state index contributed by atoms with van der Waals surface area (Å²) in [7, 11) is 0. The molecule has 0 saturated carbocycles. The van der Waals surface area contributed by atoms with Gasteiger partial charge in [0, 0.05) is 30.4 Å². The van der Waals surface area contributed by atoms with E-state index in [1.54, 1.807) is 24.3 Å². The van der Waals surface area contributed by atoms with E-state index in [1.807, 2.05) is 30.3 Å². The Morgan fingerprint density at radius 2 is 1.74 bits per heavy atom. The molecule has 1 saturated heterocycles. The number of aromatic amines is 1. The molecule has 2 amide bonds. The van der Waals surface area contributed by atoms with Crippen LogP contribution in [0.1, 0.15) is 22.8 Å². The van der Waals surface area contributed by atoms with Gasteiger partial charge >= 0.3 is 17.7 Å². The Morgan fingerprint density at radius 1 is 1.02 bits per heavy atom. The van der Waals surface area contributed by atoms with Crippen LogP contribution in [0.5, 0.6) is 0 Å². The minimum atomic E-state index is -1.59. The molecule has 4 aromatic rings. The zero-order chi connectivity index (χ0) is 30.3. The normalized spacial score (nSPS) is 15.4. The highest BCUT2D eigenvalue weighted by Gasteiger charge is 2.42. The zero-order valence-corrected chi connectivity index (χ0v) is 22.9. The second kappa shape index (κ2) is 13.0. The predicted octanol–water partition coefficient (Wildman–Crippen LogP) is 2.69. The quantitative estimate of drug-likeness (QED) is 0.278. The highest BCUT2D eigenvalue weighted by molar-refractivity contribution is 6.04. The first-order valence-corrected chi connectivity index (χ1v) is 13.2. The maximum absolute atomic E-state index is 13.5. The molecule has 1 aliphatic rings. The van der Waals surface area contributed by atoms with Crippen LogP contribution in [0.4, 0.5) is 11.4 Å². The molecule has 43 heavy (non-hydrogen) atoms. The van der Waals surface area contributed by atoms with Crippen molar-refractivity contribution < 1.29 is 37.9 Å². The average Bonchev–Trinajstić information content (AvgIpc) is 3.46. The van der Waals surface area contributed by atoms with Crippen molar-refractivity contribution in [2.75, 3.05) is 23.4 Å². The van der Waals surface area contributed by atoms with Crippen molar-refractivity contribution in [3.05, 3.63) is 101 Å². The number of benzene rings is 3. The predicted molar refractivity (Wildman–Crippen MR) is 151 cm³/mol. The third-order valence-electron chi connectivity index (χ3n) is 6.44. The van der Waals surface area contributed by atoms with Gasteiger partial charge in [-0.25, -0.2) is 9.59 Å². The molecule has 1 fully saturated rings. The molecule has 0 aliphatic carbocycles. The first-order valence-electron chi connectivity index (χ1n) is 13.2. The molecule has 13 heteroatoms. The number of nitrogens with one attached hydrogen (secondary N) is 2. The molecule has 5 rings (SSSR count). The molecule has 2 atom stereocenters. The first-order chi connectivity index (χ1) is 20.8. The summed E-state index contributed by atoms with van der Waals surface area (Å²) in [6.45, 7) is 1.48. The van der Waals surface area contributed by atoms with E-state index in [0.717, 1.165) is 12.5 Å². The topological polar surface area (TPSA) is 170 Å². The fraction of sp³-hybridized carbons (Fsp3) is 0.200. The summed E-state index contributed by atoms with van der Waals surface area (Å²) in [6, 6.07) is 21.7. The lowest BCUT2D eigenvalue weighted by Gasteiger charge is -2.35. The van der Waals surface area contributed by atoms with E-state index in [1.165, 1.54) is 29.2 Å². The van der Waals surface area contributed by atoms with Crippen LogP contribution in [-0.4, -0.2) is 59.3 Å². The Morgan fingerprint density at radius 3 is 2.40 bits per heavy atom. The molecule has 0 bridgehead atoms. The van der Waals surface area contributed by atoms with Crippen LogP contribution >= 0.6 is 0 Å². The van der Waals surface area contributed by atoms with Gasteiger partial charge in [0.1, 0.15) is 6.61 Å². The molecule has 2 heterocycles. The van der Waals surface area contributed by atoms with Crippen LogP contribution in [0, 0.1) is 0 Å². The number of nitrogens with zero attached hydrogens (tertiary/aromatic N) is 2. The number of aromatic nitrogens is 2. The Kier molecular flexibility index (Phi) is 8.72. The summed E-state index contributed by atoms with van der Waals surface area (Å²) in [5.41, 5.74) is 2.46. The van der Waals surface area contributed by atoms with Crippen LogP contribution in [0.15, 0.2) is 88.2 Å². The van der Waals surface area contributed by atoms with Gasteiger partial charge in [0.15, 0.2) is 11.9 Å². The Balaban J connectivity index is 1.26. The minimum absolute atomic E-state index is 0.0624. The van der Waals surface area contributed by atoms with E-state index < -0.39 is 41.7 Å². The van der Waals surface area contributed by atoms with Gasteiger partial charge in [-0.2, -0.15) is 0 Å². The van der Waals surface area contributed by atoms with E-state index in [4.69, 9.17) is 14.2 Å². The van der Waals surface area contributed by atoms with Gasteiger partial charge in [-0.15, -0.1) is 0 Å². The molecular formula is C30H26N4O9. The fourth-order valence-corrected chi connectivity index (χ4v) is 4.37. The Labute approximate surface area is 244 Å². The van der Waals surface area contributed by atoms with Crippen molar-refractivity contribution in [1.82, 2.24) is 10.1 Å². The van der Waals surface area contributed by atoms with Gasteiger partial charge in [0.05, 0.1) is 12.2 Å². The van der Waals surface area contributed by atoms with Crippen molar-refractivity contribution in [1.29, 1.82) is 0 Å². The van der Waals surface area contributed by atoms with E-state index >= 15 is 0 Å². The van der Waals surface area contributed by atoms with Crippen molar-refractivity contribution >= 4 is 35.1 Å². The molecule has 2 N–H and O–H groups in total. The van der Waals surface area contributed by atoms with Gasteiger partial charge < -0.3 is 24.4 Å². The van der Waals surface area contributed by atoms with Crippen molar-refractivity contribution in [2.24, 2.45) is 0 Å². The summed E-state index contributed by atoms with van der Waals surface area (Å²) < 4.78 is 20.7. The molecule has 3 aromatic carbocycles. The average molecular weight is 587 g/mol. The maximum atomic E-state index is 13.5. The summed E-state index contributed by atoms with van der Waals surface area (Å²) >= 11 is 0. The largest absolute Gasteiger partial charge is 0.457 e. The highest BCUT2D eigenvalue weighted by Crippen LogP contribution is 2.24. The number of hydrogen-bond donors (Lipinski definition) is 2. The van der Waals surface area contributed by atoms with Gasteiger partial charge in [-0.3, -0.25) is 23.9 Å². The number of amides is 2. The molecule has 1 aliphatic heterocycles. The van der Waals surface area contributed by atoms with E-state index in [9.17, 15) is 24.0 Å². The van der Waals surface area contributed by atoms with E-state index in [0.29, 0.717) is 22.5 Å². The lowest BCUT2D eigenvalue weighted by atomic mass is 10.1.